The molecular weight excluding hydrogens is 304 g/mol. The van der Waals surface area contributed by atoms with E-state index in [2.05, 4.69) is 15.3 Å². The van der Waals surface area contributed by atoms with Crippen LogP contribution < -0.4 is 14.8 Å². The van der Waals surface area contributed by atoms with Crippen LogP contribution in [0.1, 0.15) is 5.56 Å². The Bertz CT molecular complexity index is 836. The van der Waals surface area contributed by atoms with Crippen LogP contribution in [0.25, 0.3) is 11.0 Å². The van der Waals surface area contributed by atoms with E-state index in [1.807, 2.05) is 6.07 Å². The fourth-order valence-electron chi connectivity index (χ4n) is 2.47. The van der Waals surface area contributed by atoms with Gasteiger partial charge in [-0.3, -0.25) is 0 Å². The lowest BCUT2D eigenvalue weighted by Crippen LogP contribution is -2.15. The number of fused-ring (bicyclic) bond motifs is 2. The monoisotopic (exact) mass is 317 g/mol. The van der Waals surface area contributed by atoms with E-state index in [1.54, 1.807) is 6.07 Å². The van der Waals surface area contributed by atoms with E-state index in [9.17, 15) is 8.78 Å². The van der Waals surface area contributed by atoms with Gasteiger partial charge in [-0.05, 0) is 6.07 Å². The molecule has 0 saturated heterocycles. The molecule has 0 bridgehead atoms. The van der Waals surface area contributed by atoms with E-state index in [-0.39, 0.29) is 6.54 Å². The highest BCUT2D eigenvalue weighted by Crippen LogP contribution is 2.34. The van der Waals surface area contributed by atoms with Crippen molar-refractivity contribution in [2.24, 2.45) is 0 Å². The van der Waals surface area contributed by atoms with E-state index in [0.717, 1.165) is 17.1 Å². The minimum Gasteiger partial charge on any atom is -0.486 e. The molecule has 118 valence electrons. The zero-order valence-corrected chi connectivity index (χ0v) is 12.0. The number of hydrogen-bond acceptors (Lipinski definition) is 4. The molecule has 5 nitrogen and oxygen atoms in total. The van der Waals surface area contributed by atoms with Gasteiger partial charge in [-0.15, -0.1) is 0 Å². The molecule has 0 radical (unpaired) electrons. The zero-order chi connectivity index (χ0) is 15.8. The Labute approximate surface area is 130 Å². The highest BCUT2D eigenvalue weighted by molar-refractivity contribution is 5.81. The minimum absolute atomic E-state index is 0.193. The first kappa shape index (κ1) is 13.8. The minimum atomic E-state index is -0.597. The topological polar surface area (TPSA) is 59.2 Å². The summed E-state index contributed by atoms with van der Waals surface area (Å²) >= 11 is 0. The van der Waals surface area contributed by atoms with Crippen molar-refractivity contribution in [1.29, 1.82) is 0 Å². The maximum Gasteiger partial charge on any atom is 0.201 e. The summed E-state index contributed by atoms with van der Waals surface area (Å²) in [5, 5.41) is 2.99. The molecule has 0 saturated carbocycles. The Morgan fingerprint density at radius 3 is 2.65 bits per heavy atom. The molecule has 3 aromatic rings. The first-order valence-electron chi connectivity index (χ1n) is 7.16. The fraction of sp³-hybridized carbons (Fsp3) is 0.188. The molecule has 0 unspecified atom stereocenters. The predicted molar refractivity (Wildman–Crippen MR) is 80.8 cm³/mol. The summed E-state index contributed by atoms with van der Waals surface area (Å²) in [6.45, 7) is 1.22. The number of benzene rings is 2. The number of aromatic amines is 1. The third-order valence-electron chi connectivity index (χ3n) is 3.61. The molecule has 4 rings (SSSR count). The molecule has 0 atom stereocenters. The molecule has 0 fully saturated rings. The summed E-state index contributed by atoms with van der Waals surface area (Å²) in [6, 6.07) is 7.10. The summed E-state index contributed by atoms with van der Waals surface area (Å²) < 4.78 is 37.5. The third-order valence-corrected chi connectivity index (χ3v) is 3.61. The second-order valence-electron chi connectivity index (χ2n) is 5.19. The van der Waals surface area contributed by atoms with Gasteiger partial charge < -0.3 is 19.8 Å². The second-order valence-corrected chi connectivity index (χ2v) is 5.19. The van der Waals surface area contributed by atoms with Crippen LogP contribution in [-0.2, 0) is 6.54 Å². The van der Waals surface area contributed by atoms with Crippen LogP contribution in [-0.4, -0.2) is 23.2 Å². The van der Waals surface area contributed by atoms with E-state index in [0.29, 0.717) is 36.2 Å². The zero-order valence-electron chi connectivity index (χ0n) is 12.0. The van der Waals surface area contributed by atoms with E-state index in [1.165, 1.54) is 12.1 Å². The summed E-state index contributed by atoms with van der Waals surface area (Å²) in [5.41, 5.74) is 1.87. The highest BCUT2D eigenvalue weighted by Gasteiger charge is 2.15. The number of halogens is 2. The Morgan fingerprint density at radius 1 is 1.09 bits per heavy atom. The van der Waals surface area contributed by atoms with Crippen LogP contribution in [0.4, 0.5) is 14.7 Å². The standard InChI is InChI=1S/C16H13F2N3O2/c17-10-2-1-9(11(18)5-10)8-19-16-20-12-6-14-15(7-13(12)21-16)23-4-3-22-14/h1-2,5-7H,3-4,8H2,(H2,19,20,21). The van der Waals surface area contributed by atoms with Crippen LogP contribution in [0.3, 0.4) is 0 Å². The molecule has 2 aromatic carbocycles. The van der Waals surface area contributed by atoms with Gasteiger partial charge in [0.15, 0.2) is 11.5 Å². The summed E-state index contributed by atoms with van der Waals surface area (Å²) in [6.07, 6.45) is 0. The number of nitrogens with one attached hydrogen (secondary N) is 2. The van der Waals surface area contributed by atoms with Gasteiger partial charge in [0.1, 0.15) is 24.8 Å². The molecule has 0 amide bonds. The normalized spacial score (nSPS) is 13.3. The van der Waals surface area contributed by atoms with Crippen LogP contribution in [0, 0.1) is 11.6 Å². The van der Waals surface area contributed by atoms with E-state index >= 15 is 0 Å². The van der Waals surface area contributed by atoms with Gasteiger partial charge in [0.05, 0.1) is 11.0 Å². The number of anilines is 1. The van der Waals surface area contributed by atoms with Crippen molar-refractivity contribution in [3.63, 3.8) is 0 Å². The van der Waals surface area contributed by atoms with Crippen molar-refractivity contribution in [2.75, 3.05) is 18.5 Å². The third kappa shape index (κ3) is 2.65. The number of hydrogen-bond donors (Lipinski definition) is 2. The van der Waals surface area contributed by atoms with Crippen molar-refractivity contribution in [1.82, 2.24) is 9.97 Å². The maximum atomic E-state index is 13.6. The number of imidazole rings is 1. The summed E-state index contributed by atoms with van der Waals surface area (Å²) in [7, 11) is 0. The van der Waals surface area contributed by atoms with E-state index in [4.69, 9.17) is 9.47 Å². The Kier molecular flexibility index (Phi) is 3.25. The molecule has 1 aliphatic rings. The van der Waals surface area contributed by atoms with Crippen LogP contribution in [0.15, 0.2) is 30.3 Å². The van der Waals surface area contributed by atoms with Gasteiger partial charge in [-0.25, -0.2) is 13.8 Å². The van der Waals surface area contributed by atoms with Crippen molar-refractivity contribution >= 4 is 17.0 Å². The van der Waals surface area contributed by atoms with Gasteiger partial charge in [0.2, 0.25) is 5.95 Å². The number of H-pyrrole nitrogens is 1. The van der Waals surface area contributed by atoms with Crippen molar-refractivity contribution in [3.8, 4) is 11.5 Å². The average Bonchev–Trinajstić information content (AvgIpc) is 2.93. The molecule has 0 aliphatic carbocycles. The van der Waals surface area contributed by atoms with Gasteiger partial charge in [-0.1, -0.05) is 6.07 Å². The van der Waals surface area contributed by atoms with Crippen LogP contribution >= 0.6 is 0 Å². The molecule has 1 aliphatic heterocycles. The number of ether oxygens (including phenoxy) is 2. The van der Waals surface area contributed by atoms with Crippen molar-refractivity contribution < 1.29 is 18.3 Å². The molecule has 2 N–H and O–H groups in total. The summed E-state index contributed by atoms with van der Waals surface area (Å²) in [4.78, 5) is 7.48. The van der Waals surface area contributed by atoms with Crippen molar-refractivity contribution in [2.45, 2.75) is 6.54 Å². The number of rotatable bonds is 3. The number of nitrogens with zero attached hydrogens (tertiary/aromatic N) is 1. The molecule has 1 aromatic heterocycles. The molecular formula is C16H13F2N3O2. The molecule has 23 heavy (non-hydrogen) atoms. The first-order chi connectivity index (χ1) is 11.2. The Morgan fingerprint density at radius 2 is 1.87 bits per heavy atom. The van der Waals surface area contributed by atoms with Gasteiger partial charge in [0.25, 0.3) is 0 Å². The second kappa shape index (κ2) is 5.42. The van der Waals surface area contributed by atoms with Crippen LogP contribution in [0.2, 0.25) is 0 Å². The predicted octanol–water partition coefficient (Wildman–Crippen LogP) is 3.22. The van der Waals surface area contributed by atoms with Gasteiger partial charge in [0, 0.05) is 30.3 Å². The average molecular weight is 317 g/mol. The van der Waals surface area contributed by atoms with Crippen molar-refractivity contribution in [3.05, 3.63) is 47.5 Å². The van der Waals surface area contributed by atoms with Gasteiger partial charge >= 0.3 is 0 Å². The first-order valence-corrected chi connectivity index (χ1v) is 7.16. The lowest BCUT2D eigenvalue weighted by molar-refractivity contribution is 0.172. The van der Waals surface area contributed by atoms with Gasteiger partial charge in [-0.2, -0.15) is 0 Å². The largest absolute Gasteiger partial charge is 0.486 e. The molecule has 2 heterocycles. The van der Waals surface area contributed by atoms with E-state index < -0.39 is 11.6 Å². The molecule has 7 heteroatoms. The molecule has 0 spiro atoms. The van der Waals surface area contributed by atoms with Crippen LogP contribution in [0.5, 0.6) is 11.5 Å². The fourth-order valence-corrected chi connectivity index (χ4v) is 2.47. The SMILES string of the molecule is Fc1ccc(CNc2nc3cc4c(cc3[nH]2)OCCO4)c(F)c1. The smallest absolute Gasteiger partial charge is 0.201 e. The number of aromatic nitrogens is 2. The lowest BCUT2D eigenvalue weighted by Gasteiger charge is -2.17. The lowest BCUT2D eigenvalue weighted by atomic mass is 10.2. The Hall–Kier alpha value is -2.83. The quantitative estimate of drug-likeness (QED) is 0.779. The maximum absolute atomic E-state index is 13.6. The summed E-state index contributed by atoms with van der Waals surface area (Å²) in [5.74, 6) is 0.632. The highest BCUT2D eigenvalue weighted by atomic mass is 19.1. The Balaban J connectivity index is 1.57.